The van der Waals surface area contributed by atoms with Gasteiger partial charge in [0.25, 0.3) is 0 Å². The van der Waals surface area contributed by atoms with Crippen molar-refractivity contribution in [3.05, 3.63) is 27.8 Å². The van der Waals surface area contributed by atoms with E-state index in [0.717, 1.165) is 0 Å². The molecule has 0 aromatic heterocycles. The zero-order chi connectivity index (χ0) is 10.0. The smallest absolute Gasteiger partial charge is 0.314 e. The van der Waals surface area contributed by atoms with Crippen LogP contribution in [0.1, 0.15) is 5.56 Å². The average molecular weight is 199 g/mol. The molecule has 1 rings (SSSR count). The molecular formula is C8H9NO3S. The van der Waals surface area contributed by atoms with Gasteiger partial charge in [0, 0.05) is 10.5 Å². The molecule has 0 fully saturated rings. The summed E-state index contributed by atoms with van der Waals surface area (Å²) in [5.41, 5.74) is 0.502. The third-order valence-electron chi connectivity index (χ3n) is 1.77. The lowest BCUT2D eigenvalue weighted by Gasteiger charge is -2.05. The topological polar surface area (TPSA) is 52.4 Å². The molecule has 5 heteroatoms. The number of thiol groups is 1. The number of ether oxygens (including phenoxy) is 1. The molecule has 0 saturated carbocycles. The first-order valence-electron chi connectivity index (χ1n) is 3.59. The number of nitro benzene ring substituents is 1. The fourth-order valence-electron chi connectivity index (χ4n) is 1.06. The summed E-state index contributed by atoms with van der Waals surface area (Å²) in [6, 6.07) is 3.21. The van der Waals surface area contributed by atoms with Crippen molar-refractivity contribution in [2.75, 3.05) is 7.11 Å². The maximum atomic E-state index is 10.6. The molecule has 1 aromatic carbocycles. The molecule has 4 nitrogen and oxygen atoms in total. The Morgan fingerprint density at radius 1 is 1.54 bits per heavy atom. The van der Waals surface area contributed by atoms with Crippen molar-refractivity contribution in [3.8, 4) is 5.75 Å². The summed E-state index contributed by atoms with van der Waals surface area (Å²) in [7, 11) is 1.40. The van der Waals surface area contributed by atoms with Gasteiger partial charge in [-0.15, -0.1) is 12.6 Å². The van der Waals surface area contributed by atoms with Gasteiger partial charge in [-0.3, -0.25) is 10.1 Å². The van der Waals surface area contributed by atoms with Gasteiger partial charge in [-0.1, -0.05) is 0 Å². The Kier molecular flexibility index (Phi) is 2.77. The maximum absolute atomic E-state index is 10.6. The van der Waals surface area contributed by atoms with Gasteiger partial charge in [-0.05, 0) is 19.1 Å². The first kappa shape index (κ1) is 9.85. The van der Waals surface area contributed by atoms with Crippen LogP contribution in [0.2, 0.25) is 0 Å². The molecule has 0 radical (unpaired) electrons. The van der Waals surface area contributed by atoms with E-state index in [9.17, 15) is 10.1 Å². The van der Waals surface area contributed by atoms with Gasteiger partial charge in [-0.2, -0.15) is 0 Å². The predicted molar refractivity (Wildman–Crippen MR) is 51.6 cm³/mol. The summed E-state index contributed by atoms with van der Waals surface area (Å²) >= 11 is 4.09. The molecule has 1 aromatic rings. The zero-order valence-electron chi connectivity index (χ0n) is 7.27. The molecule has 0 atom stereocenters. The zero-order valence-corrected chi connectivity index (χ0v) is 8.17. The molecule has 70 valence electrons. The number of rotatable bonds is 2. The number of nitro groups is 1. The number of nitrogens with zero attached hydrogens (tertiary/aromatic N) is 1. The molecule has 0 aliphatic carbocycles. The van der Waals surface area contributed by atoms with Crippen LogP contribution in [-0.4, -0.2) is 12.0 Å². The highest BCUT2D eigenvalue weighted by Gasteiger charge is 2.19. The quantitative estimate of drug-likeness (QED) is 0.451. The van der Waals surface area contributed by atoms with Crippen molar-refractivity contribution in [3.63, 3.8) is 0 Å². The van der Waals surface area contributed by atoms with Gasteiger partial charge in [0.2, 0.25) is 0 Å². The number of methoxy groups -OCH3 is 1. The van der Waals surface area contributed by atoms with Crippen LogP contribution < -0.4 is 4.74 Å². The number of benzene rings is 1. The Balaban J connectivity index is 3.41. The van der Waals surface area contributed by atoms with Gasteiger partial charge in [0.05, 0.1) is 12.0 Å². The van der Waals surface area contributed by atoms with Crippen LogP contribution in [0.4, 0.5) is 5.69 Å². The molecular weight excluding hydrogens is 190 g/mol. The summed E-state index contributed by atoms with van der Waals surface area (Å²) in [5.74, 6) is 0.264. The van der Waals surface area contributed by atoms with Crippen molar-refractivity contribution < 1.29 is 9.66 Å². The molecule has 0 amide bonds. The van der Waals surface area contributed by atoms with Gasteiger partial charge >= 0.3 is 5.69 Å². The predicted octanol–water partition coefficient (Wildman–Crippen LogP) is 2.20. The lowest BCUT2D eigenvalue weighted by atomic mass is 10.2. The van der Waals surface area contributed by atoms with Crippen LogP contribution >= 0.6 is 12.6 Å². The maximum Gasteiger partial charge on any atom is 0.314 e. The van der Waals surface area contributed by atoms with Crippen LogP contribution in [0.25, 0.3) is 0 Å². The highest BCUT2D eigenvalue weighted by molar-refractivity contribution is 7.80. The van der Waals surface area contributed by atoms with E-state index in [4.69, 9.17) is 4.74 Å². The van der Waals surface area contributed by atoms with Crippen LogP contribution in [0, 0.1) is 17.0 Å². The normalized spacial score (nSPS) is 9.77. The fourth-order valence-corrected chi connectivity index (χ4v) is 1.24. The highest BCUT2D eigenvalue weighted by Crippen LogP contribution is 2.33. The van der Waals surface area contributed by atoms with Gasteiger partial charge in [0.1, 0.15) is 0 Å². The summed E-state index contributed by atoms with van der Waals surface area (Å²) in [6.07, 6.45) is 0. The second-order valence-electron chi connectivity index (χ2n) is 2.52. The molecule has 0 unspecified atom stereocenters. The van der Waals surface area contributed by atoms with E-state index in [1.54, 1.807) is 13.0 Å². The highest BCUT2D eigenvalue weighted by atomic mass is 32.1. The molecule has 0 heterocycles. The summed E-state index contributed by atoms with van der Waals surface area (Å²) < 4.78 is 4.87. The van der Waals surface area contributed by atoms with Crippen LogP contribution in [0.15, 0.2) is 17.0 Å². The first-order chi connectivity index (χ1) is 6.07. The number of hydrogen-bond donors (Lipinski definition) is 1. The third-order valence-corrected chi connectivity index (χ3v) is 2.25. The molecule has 0 aliphatic heterocycles. The second kappa shape index (κ2) is 3.66. The Morgan fingerprint density at radius 2 is 2.15 bits per heavy atom. The van der Waals surface area contributed by atoms with Crippen LogP contribution in [-0.2, 0) is 0 Å². The monoisotopic (exact) mass is 199 g/mol. The molecule has 13 heavy (non-hydrogen) atoms. The lowest BCUT2D eigenvalue weighted by Crippen LogP contribution is -1.96. The Hall–Kier alpha value is -1.23. The van der Waals surface area contributed by atoms with E-state index in [0.29, 0.717) is 10.5 Å². The summed E-state index contributed by atoms with van der Waals surface area (Å²) in [6.45, 7) is 1.64. The molecule has 0 spiro atoms. The van der Waals surface area contributed by atoms with E-state index < -0.39 is 4.92 Å². The second-order valence-corrected chi connectivity index (χ2v) is 3.00. The molecule has 0 bridgehead atoms. The van der Waals surface area contributed by atoms with E-state index in [-0.39, 0.29) is 11.4 Å². The summed E-state index contributed by atoms with van der Waals surface area (Å²) in [5, 5.41) is 10.6. The standard InChI is InChI=1S/C8H9NO3S/c1-5-7(13)4-3-6(12-2)8(5)9(10)11/h3-4,13H,1-2H3. The van der Waals surface area contributed by atoms with Crippen LogP contribution in [0.3, 0.4) is 0 Å². The average Bonchev–Trinajstić information content (AvgIpc) is 2.08. The van der Waals surface area contributed by atoms with Crippen molar-refractivity contribution >= 4 is 18.3 Å². The largest absolute Gasteiger partial charge is 0.490 e. The van der Waals surface area contributed by atoms with E-state index >= 15 is 0 Å². The molecule has 0 N–H and O–H groups in total. The van der Waals surface area contributed by atoms with Gasteiger partial charge in [0.15, 0.2) is 5.75 Å². The SMILES string of the molecule is COc1ccc(S)c(C)c1[N+](=O)[O-]. The minimum atomic E-state index is -0.464. The van der Waals surface area contributed by atoms with Crippen molar-refractivity contribution in [1.29, 1.82) is 0 Å². The Bertz CT molecular complexity index is 351. The van der Waals surface area contributed by atoms with E-state index in [2.05, 4.69) is 12.6 Å². The Morgan fingerprint density at radius 3 is 2.62 bits per heavy atom. The van der Waals surface area contributed by atoms with E-state index in [1.807, 2.05) is 0 Å². The minimum absolute atomic E-state index is 0.0185. The minimum Gasteiger partial charge on any atom is -0.490 e. The molecule has 0 aliphatic rings. The number of hydrogen-bond acceptors (Lipinski definition) is 4. The van der Waals surface area contributed by atoms with E-state index in [1.165, 1.54) is 13.2 Å². The lowest BCUT2D eigenvalue weighted by molar-refractivity contribution is -0.386. The molecule has 0 saturated heterocycles. The Labute approximate surface area is 81.1 Å². The van der Waals surface area contributed by atoms with Gasteiger partial charge in [-0.25, -0.2) is 0 Å². The van der Waals surface area contributed by atoms with Crippen molar-refractivity contribution in [1.82, 2.24) is 0 Å². The fraction of sp³-hybridized carbons (Fsp3) is 0.250. The third kappa shape index (κ3) is 1.75. The first-order valence-corrected chi connectivity index (χ1v) is 4.03. The summed E-state index contributed by atoms with van der Waals surface area (Å²) in [4.78, 5) is 10.8. The van der Waals surface area contributed by atoms with Gasteiger partial charge < -0.3 is 4.74 Å². The van der Waals surface area contributed by atoms with Crippen molar-refractivity contribution in [2.24, 2.45) is 0 Å². The van der Waals surface area contributed by atoms with Crippen molar-refractivity contribution in [2.45, 2.75) is 11.8 Å². The van der Waals surface area contributed by atoms with Crippen LogP contribution in [0.5, 0.6) is 5.75 Å².